The van der Waals surface area contributed by atoms with Crippen LogP contribution in [-0.4, -0.2) is 6.54 Å². The molecule has 1 heterocycles. The third kappa shape index (κ3) is 3.85. The molecule has 1 unspecified atom stereocenters. The lowest BCUT2D eigenvalue weighted by Crippen LogP contribution is -2.22. The molecule has 0 amide bonds. The Morgan fingerprint density at radius 2 is 2.11 bits per heavy atom. The van der Waals surface area contributed by atoms with Crippen LogP contribution >= 0.6 is 11.3 Å². The lowest BCUT2D eigenvalue weighted by atomic mass is 9.99. The zero-order chi connectivity index (χ0) is 13.7. The van der Waals surface area contributed by atoms with Crippen LogP contribution in [0.25, 0.3) is 0 Å². The summed E-state index contributed by atoms with van der Waals surface area (Å²) < 4.78 is 27.1. The fourth-order valence-electron chi connectivity index (χ4n) is 2.14. The molecule has 2 rings (SSSR count). The minimum atomic E-state index is -0.394. The van der Waals surface area contributed by atoms with E-state index in [4.69, 9.17) is 0 Å². The first-order valence-electron chi connectivity index (χ1n) is 6.40. The summed E-state index contributed by atoms with van der Waals surface area (Å²) in [4.78, 5) is 0. The van der Waals surface area contributed by atoms with Crippen LogP contribution in [0.4, 0.5) is 8.78 Å². The number of rotatable bonds is 6. The Labute approximate surface area is 116 Å². The van der Waals surface area contributed by atoms with Gasteiger partial charge in [0.05, 0.1) is 0 Å². The molecule has 0 fully saturated rings. The molecule has 0 radical (unpaired) electrons. The van der Waals surface area contributed by atoms with Crippen LogP contribution in [0.2, 0.25) is 0 Å². The van der Waals surface area contributed by atoms with E-state index in [-0.39, 0.29) is 11.9 Å². The maximum atomic E-state index is 13.8. The predicted octanol–water partition coefficient (Wildman–Crippen LogP) is 4.31. The fourth-order valence-corrected chi connectivity index (χ4v) is 2.84. The van der Waals surface area contributed by atoms with Gasteiger partial charge in [-0.2, -0.15) is 11.3 Å². The number of halogens is 2. The topological polar surface area (TPSA) is 12.0 Å². The highest BCUT2D eigenvalue weighted by molar-refractivity contribution is 7.07. The van der Waals surface area contributed by atoms with Crippen LogP contribution in [0.15, 0.2) is 35.0 Å². The van der Waals surface area contributed by atoms with Crippen LogP contribution in [0, 0.1) is 11.6 Å². The first-order valence-corrected chi connectivity index (χ1v) is 7.34. The van der Waals surface area contributed by atoms with Crippen LogP contribution in [0.1, 0.15) is 30.5 Å². The van der Waals surface area contributed by atoms with E-state index in [1.54, 1.807) is 11.3 Å². The van der Waals surface area contributed by atoms with Gasteiger partial charge in [0.2, 0.25) is 0 Å². The lowest BCUT2D eigenvalue weighted by Gasteiger charge is -2.19. The zero-order valence-electron chi connectivity index (χ0n) is 10.8. The summed E-state index contributed by atoms with van der Waals surface area (Å²) in [5.41, 5.74) is 1.65. The number of hydrogen-bond donors (Lipinski definition) is 1. The quantitative estimate of drug-likeness (QED) is 0.832. The highest BCUT2D eigenvalue weighted by Crippen LogP contribution is 2.23. The average Bonchev–Trinajstić information content (AvgIpc) is 2.91. The summed E-state index contributed by atoms with van der Waals surface area (Å²) >= 11 is 1.65. The monoisotopic (exact) mass is 281 g/mol. The van der Waals surface area contributed by atoms with E-state index in [0.29, 0.717) is 5.56 Å². The molecule has 1 aromatic carbocycles. The standard InChI is InChI=1S/C15H17F2NS/c1-2-18-15(6-3-11-7-8-19-10-11)13-9-12(16)4-5-14(13)17/h4-5,7-10,15,18H,2-3,6H2,1H3. The molecule has 19 heavy (non-hydrogen) atoms. The van der Waals surface area contributed by atoms with Crippen molar-refractivity contribution in [3.63, 3.8) is 0 Å². The molecular weight excluding hydrogens is 264 g/mol. The predicted molar refractivity (Wildman–Crippen MR) is 75.4 cm³/mol. The van der Waals surface area contributed by atoms with Crippen molar-refractivity contribution in [3.8, 4) is 0 Å². The van der Waals surface area contributed by atoms with E-state index in [2.05, 4.69) is 16.8 Å². The zero-order valence-corrected chi connectivity index (χ0v) is 11.6. The van der Waals surface area contributed by atoms with Gasteiger partial charge >= 0.3 is 0 Å². The highest BCUT2D eigenvalue weighted by atomic mass is 32.1. The maximum Gasteiger partial charge on any atom is 0.128 e. The third-order valence-electron chi connectivity index (χ3n) is 3.09. The van der Waals surface area contributed by atoms with Gasteiger partial charge in [-0.25, -0.2) is 8.78 Å². The fraction of sp³-hybridized carbons (Fsp3) is 0.333. The summed E-state index contributed by atoms with van der Waals surface area (Å²) in [7, 11) is 0. The minimum absolute atomic E-state index is 0.152. The number of hydrogen-bond acceptors (Lipinski definition) is 2. The molecule has 102 valence electrons. The molecule has 0 aliphatic carbocycles. The van der Waals surface area contributed by atoms with Gasteiger partial charge in [0, 0.05) is 11.6 Å². The Balaban J connectivity index is 2.12. The largest absolute Gasteiger partial charge is 0.310 e. The maximum absolute atomic E-state index is 13.8. The SMILES string of the molecule is CCNC(CCc1ccsc1)c1cc(F)ccc1F. The van der Waals surface area contributed by atoms with Gasteiger partial charge in [-0.1, -0.05) is 6.92 Å². The van der Waals surface area contributed by atoms with E-state index >= 15 is 0 Å². The van der Waals surface area contributed by atoms with Crippen molar-refractivity contribution in [1.29, 1.82) is 0 Å². The summed E-state index contributed by atoms with van der Waals surface area (Å²) in [6, 6.07) is 5.55. The second kappa shape index (κ2) is 6.78. The van der Waals surface area contributed by atoms with Gasteiger partial charge in [-0.15, -0.1) is 0 Å². The van der Waals surface area contributed by atoms with E-state index in [1.165, 1.54) is 17.7 Å². The Morgan fingerprint density at radius 3 is 2.79 bits per heavy atom. The summed E-state index contributed by atoms with van der Waals surface area (Å²) in [5.74, 6) is -0.743. The van der Waals surface area contributed by atoms with Crippen molar-refractivity contribution >= 4 is 11.3 Å². The third-order valence-corrected chi connectivity index (χ3v) is 3.82. The number of thiophene rings is 1. The molecule has 1 aromatic heterocycles. The van der Waals surface area contributed by atoms with Crippen molar-refractivity contribution in [3.05, 3.63) is 57.8 Å². The summed E-state index contributed by atoms with van der Waals surface area (Å²) in [5, 5.41) is 7.34. The summed E-state index contributed by atoms with van der Waals surface area (Å²) in [6.45, 7) is 2.69. The van der Waals surface area contributed by atoms with Crippen LogP contribution in [0.3, 0.4) is 0 Å². The molecule has 0 saturated carbocycles. The van der Waals surface area contributed by atoms with Gasteiger partial charge in [-0.3, -0.25) is 0 Å². The van der Waals surface area contributed by atoms with Gasteiger partial charge < -0.3 is 5.32 Å². The first kappa shape index (κ1) is 14.2. The summed E-state index contributed by atoms with van der Waals surface area (Å²) in [6.07, 6.45) is 1.61. The number of aryl methyl sites for hydroxylation is 1. The lowest BCUT2D eigenvalue weighted by molar-refractivity contribution is 0.480. The van der Waals surface area contributed by atoms with E-state index < -0.39 is 5.82 Å². The van der Waals surface area contributed by atoms with E-state index in [1.807, 2.05) is 12.3 Å². The van der Waals surface area contributed by atoms with Crippen LogP contribution < -0.4 is 5.32 Å². The van der Waals surface area contributed by atoms with Crippen LogP contribution in [-0.2, 0) is 6.42 Å². The second-order valence-corrected chi connectivity index (χ2v) is 5.23. The van der Waals surface area contributed by atoms with Gasteiger partial charge in [0.1, 0.15) is 11.6 Å². The molecule has 0 saturated heterocycles. The van der Waals surface area contributed by atoms with Crippen molar-refractivity contribution in [2.45, 2.75) is 25.8 Å². The molecule has 1 atom stereocenters. The Morgan fingerprint density at radius 1 is 1.26 bits per heavy atom. The van der Waals surface area contributed by atoms with Gasteiger partial charge in [0.15, 0.2) is 0 Å². The number of benzene rings is 1. The Bertz CT molecular complexity index is 511. The highest BCUT2D eigenvalue weighted by Gasteiger charge is 2.15. The molecular formula is C15H17F2NS. The molecule has 0 aliphatic heterocycles. The van der Waals surface area contributed by atoms with Crippen molar-refractivity contribution in [1.82, 2.24) is 5.32 Å². The second-order valence-electron chi connectivity index (χ2n) is 4.45. The molecule has 0 aliphatic rings. The van der Waals surface area contributed by atoms with Crippen molar-refractivity contribution in [2.75, 3.05) is 6.54 Å². The Hall–Kier alpha value is -1.26. The molecule has 2 aromatic rings. The smallest absolute Gasteiger partial charge is 0.128 e. The van der Waals surface area contributed by atoms with Crippen LogP contribution in [0.5, 0.6) is 0 Å². The van der Waals surface area contributed by atoms with Gasteiger partial charge in [-0.05, 0) is 60.0 Å². The molecule has 0 bridgehead atoms. The first-order chi connectivity index (χ1) is 9.20. The Kier molecular flexibility index (Phi) is 5.05. The van der Waals surface area contributed by atoms with E-state index in [0.717, 1.165) is 25.5 Å². The molecule has 1 N–H and O–H groups in total. The minimum Gasteiger partial charge on any atom is -0.310 e. The molecule has 4 heteroatoms. The van der Waals surface area contributed by atoms with E-state index in [9.17, 15) is 8.78 Å². The van der Waals surface area contributed by atoms with Gasteiger partial charge in [0.25, 0.3) is 0 Å². The number of nitrogens with one attached hydrogen (secondary N) is 1. The molecule has 0 spiro atoms. The average molecular weight is 281 g/mol. The molecule has 1 nitrogen and oxygen atoms in total. The van der Waals surface area contributed by atoms with Crippen molar-refractivity contribution < 1.29 is 8.78 Å². The normalized spacial score (nSPS) is 12.6. The van der Waals surface area contributed by atoms with Crippen molar-refractivity contribution in [2.24, 2.45) is 0 Å².